The quantitative estimate of drug-likeness (QED) is 0.618. The van der Waals surface area contributed by atoms with Gasteiger partial charge in [-0.15, -0.1) is 0 Å². The molecule has 82 valence electrons. The first-order valence-corrected chi connectivity index (χ1v) is 5.13. The predicted molar refractivity (Wildman–Crippen MR) is 59.8 cm³/mol. The van der Waals surface area contributed by atoms with Crippen LogP contribution in [0.15, 0.2) is 24.3 Å². The first kappa shape index (κ1) is 12.0. The van der Waals surface area contributed by atoms with E-state index in [1.807, 2.05) is 24.3 Å². The van der Waals surface area contributed by atoms with Gasteiger partial charge >= 0.3 is 5.97 Å². The van der Waals surface area contributed by atoms with E-state index in [0.717, 1.165) is 10.6 Å². The zero-order valence-corrected chi connectivity index (χ0v) is 9.38. The van der Waals surface area contributed by atoms with E-state index in [2.05, 4.69) is 10.1 Å². The highest BCUT2D eigenvalue weighted by Crippen LogP contribution is 2.13. The van der Waals surface area contributed by atoms with Crippen molar-refractivity contribution in [1.82, 2.24) is 5.32 Å². The van der Waals surface area contributed by atoms with Crippen LogP contribution < -0.4 is 5.32 Å². The molecule has 1 rings (SSSR count). The van der Waals surface area contributed by atoms with Gasteiger partial charge in [-0.1, -0.05) is 29.8 Å². The Morgan fingerprint density at radius 3 is 2.87 bits per heavy atom. The summed E-state index contributed by atoms with van der Waals surface area (Å²) >= 11 is 5.96. The van der Waals surface area contributed by atoms with Crippen molar-refractivity contribution in [2.75, 3.05) is 13.7 Å². The Morgan fingerprint density at radius 1 is 1.47 bits per heavy atom. The minimum absolute atomic E-state index is 0.207. The number of halogens is 1. The van der Waals surface area contributed by atoms with E-state index in [9.17, 15) is 4.79 Å². The molecule has 0 unspecified atom stereocenters. The van der Waals surface area contributed by atoms with Crippen molar-refractivity contribution in [1.29, 1.82) is 0 Å². The monoisotopic (exact) mass is 227 g/mol. The standard InChI is InChI=1S/C11H14ClNO2/c1-15-11(14)6-7-13-8-9-4-2-3-5-10(9)12/h2-5,13H,6-8H2,1H3. The molecule has 0 aromatic heterocycles. The molecular weight excluding hydrogens is 214 g/mol. The SMILES string of the molecule is COC(=O)CCNCc1ccccc1Cl. The van der Waals surface area contributed by atoms with E-state index in [1.165, 1.54) is 7.11 Å². The summed E-state index contributed by atoms with van der Waals surface area (Å²) in [5.41, 5.74) is 1.03. The van der Waals surface area contributed by atoms with Crippen molar-refractivity contribution >= 4 is 17.6 Å². The van der Waals surface area contributed by atoms with Crippen LogP contribution in [-0.2, 0) is 16.1 Å². The number of methoxy groups -OCH3 is 1. The van der Waals surface area contributed by atoms with Crippen LogP contribution in [0.4, 0.5) is 0 Å². The summed E-state index contributed by atoms with van der Waals surface area (Å²) in [5.74, 6) is -0.207. The number of esters is 1. The number of rotatable bonds is 5. The smallest absolute Gasteiger partial charge is 0.306 e. The Hall–Kier alpha value is -1.06. The van der Waals surface area contributed by atoms with Crippen LogP contribution >= 0.6 is 11.6 Å². The average molecular weight is 228 g/mol. The van der Waals surface area contributed by atoms with Crippen LogP contribution in [0.1, 0.15) is 12.0 Å². The largest absolute Gasteiger partial charge is 0.469 e. The number of carbonyl (C=O) groups is 1. The van der Waals surface area contributed by atoms with Crippen molar-refractivity contribution in [3.05, 3.63) is 34.9 Å². The molecule has 0 aliphatic heterocycles. The summed E-state index contributed by atoms with van der Waals surface area (Å²) in [6.45, 7) is 1.26. The lowest BCUT2D eigenvalue weighted by atomic mass is 10.2. The van der Waals surface area contributed by atoms with Gasteiger partial charge in [-0.3, -0.25) is 4.79 Å². The van der Waals surface area contributed by atoms with Gasteiger partial charge < -0.3 is 10.1 Å². The van der Waals surface area contributed by atoms with Gasteiger partial charge in [0.05, 0.1) is 13.5 Å². The molecule has 0 saturated heterocycles. The zero-order valence-electron chi connectivity index (χ0n) is 8.63. The molecule has 0 aliphatic carbocycles. The molecule has 0 aliphatic rings. The molecule has 1 aromatic rings. The highest BCUT2D eigenvalue weighted by molar-refractivity contribution is 6.31. The molecule has 1 aromatic carbocycles. The molecule has 15 heavy (non-hydrogen) atoms. The lowest BCUT2D eigenvalue weighted by Gasteiger charge is -2.05. The summed E-state index contributed by atoms with van der Waals surface area (Å²) in [4.78, 5) is 10.8. The second-order valence-electron chi connectivity index (χ2n) is 3.09. The minimum atomic E-state index is -0.207. The molecule has 0 spiro atoms. The molecule has 0 bridgehead atoms. The van der Waals surface area contributed by atoms with Gasteiger partial charge in [-0.05, 0) is 11.6 Å². The number of nitrogens with one attached hydrogen (secondary N) is 1. The van der Waals surface area contributed by atoms with Crippen LogP contribution in [0.5, 0.6) is 0 Å². The first-order chi connectivity index (χ1) is 7.24. The maximum absolute atomic E-state index is 10.8. The third kappa shape index (κ3) is 4.32. The van der Waals surface area contributed by atoms with Gasteiger partial charge in [0.1, 0.15) is 0 Å². The third-order valence-electron chi connectivity index (χ3n) is 2.01. The second kappa shape index (κ2) is 6.43. The summed E-state index contributed by atoms with van der Waals surface area (Å²) in [6.07, 6.45) is 0.376. The number of hydrogen-bond donors (Lipinski definition) is 1. The Kier molecular flexibility index (Phi) is 5.15. The number of carbonyl (C=O) groups excluding carboxylic acids is 1. The molecule has 0 atom stereocenters. The van der Waals surface area contributed by atoms with Gasteiger partial charge in [-0.25, -0.2) is 0 Å². The maximum atomic E-state index is 10.8. The molecule has 3 nitrogen and oxygen atoms in total. The number of hydrogen-bond acceptors (Lipinski definition) is 3. The summed E-state index contributed by atoms with van der Waals surface area (Å²) in [5, 5.41) is 3.86. The highest BCUT2D eigenvalue weighted by Gasteiger charge is 2.00. The Balaban J connectivity index is 2.26. The summed E-state index contributed by atoms with van der Waals surface area (Å²) in [6, 6.07) is 7.62. The third-order valence-corrected chi connectivity index (χ3v) is 2.38. The van der Waals surface area contributed by atoms with Crippen molar-refractivity contribution in [2.24, 2.45) is 0 Å². The second-order valence-corrected chi connectivity index (χ2v) is 3.50. The molecule has 0 radical (unpaired) electrons. The zero-order chi connectivity index (χ0) is 11.1. The van der Waals surface area contributed by atoms with Crippen molar-refractivity contribution < 1.29 is 9.53 Å². The molecule has 0 heterocycles. The normalized spacial score (nSPS) is 10.0. The molecule has 1 N–H and O–H groups in total. The van der Waals surface area contributed by atoms with E-state index in [4.69, 9.17) is 11.6 Å². The van der Waals surface area contributed by atoms with Crippen LogP contribution in [0.2, 0.25) is 5.02 Å². The average Bonchev–Trinajstić information content (AvgIpc) is 2.26. The molecule has 4 heteroatoms. The van der Waals surface area contributed by atoms with E-state index in [0.29, 0.717) is 19.5 Å². The van der Waals surface area contributed by atoms with Crippen molar-refractivity contribution in [2.45, 2.75) is 13.0 Å². The van der Waals surface area contributed by atoms with Gasteiger partial charge in [0.25, 0.3) is 0 Å². The van der Waals surface area contributed by atoms with E-state index < -0.39 is 0 Å². The Labute approximate surface area is 94.4 Å². The fraction of sp³-hybridized carbons (Fsp3) is 0.364. The molecular formula is C11H14ClNO2. The Bertz CT molecular complexity index is 328. The van der Waals surface area contributed by atoms with E-state index >= 15 is 0 Å². The van der Waals surface area contributed by atoms with E-state index in [1.54, 1.807) is 0 Å². The maximum Gasteiger partial charge on any atom is 0.306 e. The lowest BCUT2D eigenvalue weighted by Crippen LogP contribution is -2.18. The fourth-order valence-electron chi connectivity index (χ4n) is 1.16. The van der Waals surface area contributed by atoms with Gasteiger partial charge in [-0.2, -0.15) is 0 Å². The fourth-order valence-corrected chi connectivity index (χ4v) is 1.36. The Morgan fingerprint density at radius 2 is 2.20 bits per heavy atom. The first-order valence-electron chi connectivity index (χ1n) is 4.75. The van der Waals surface area contributed by atoms with Crippen LogP contribution in [0.3, 0.4) is 0 Å². The predicted octanol–water partition coefficient (Wildman–Crippen LogP) is 1.99. The van der Waals surface area contributed by atoms with Crippen molar-refractivity contribution in [3.63, 3.8) is 0 Å². The summed E-state index contributed by atoms with van der Waals surface area (Å²) in [7, 11) is 1.39. The lowest BCUT2D eigenvalue weighted by molar-refractivity contribution is -0.140. The molecule has 0 saturated carbocycles. The minimum Gasteiger partial charge on any atom is -0.469 e. The van der Waals surface area contributed by atoms with E-state index in [-0.39, 0.29) is 5.97 Å². The van der Waals surface area contributed by atoms with Crippen LogP contribution in [0, 0.1) is 0 Å². The topological polar surface area (TPSA) is 38.3 Å². The summed E-state index contributed by atoms with van der Waals surface area (Å²) < 4.78 is 4.52. The van der Waals surface area contributed by atoms with Gasteiger partial charge in [0.15, 0.2) is 0 Å². The van der Waals surface area contributed by atoms with Gasteiger partial charge in [0, 0.05) is 18.1 Å². The number of ether oxygens (including phenoxy) is 1. The van der Waals surface area contributed by atoms with Gasteiger partial charge in [0.2, 0.25) is 0 Å². The number of benzene rings is 1. The van der Waals surface area contributed by atoms with Crippen LogP contribution in [0.25, 0.3) is 0 Å². The van der Waals surface area contributed by atoms with Crippen molar-refractivity contribution in [3.8, 4) is 0 Å². The van der Waals surface area contributed by atoms with Crippen LogP contribution in [-0.4, -0.2) is 19.6 Å². The highest BCUT2D eigenvalue weighted by atomic mass is 35.5. The molecule has 0 amide bonds. The molecule has 0 fully saturated rings.